The number of carbonyl (C=O) groups is 2. The third-order valence-electron chi connectivity index (χ3n) is 4.16. The van der Waals surface area contributed by atoms with Gasteiger partial charge in [-0.3, -0.25) is 20.4 Å². The monoisotopic (exact) mass is 423 g/mol. The number of ether oxygens (including phenoxy) is 3. The van der Waals surface area contributed by atoms with Crippen molar-refractivity contribution < 1.29 is 23.8 Å². The summed E-state index contributed by atoms with van der Waals surface area (Å²) in [7, 11) is 4.36. The van der Waals surface area contributed by atoms with Crippen LogP contribution >= 0.6 is 0 Å². The van der Waals surface area contributed by atoms with Gasteiger partial charge in [0.1, 0.15) is 0 Å². The summed E-state index contributed by atoms with van der Waals surface area (Å²) in [6.07, 6.45) is 3.20. The number of nitrogens with zero attached hydrogens (tertiary/aromatic N) is 2. The third kappa shape index (κ3) is 5.18. The molecule has 0 radical (unpaired) electrons. The molecule has 3 rings (SSSR count). The van der Waals surface area contributed by atoms with Crippen molar-refractivity contribution in [1.29, 1.82) is 0 Å². The van der Waals surface area contributed by atoms with Crippen LogP contribution in [0.1, 0.15) is 20.7 Å². The Labute approximate surface area is 178 Å². The van der Waals surface area contributed by atoms with E-state index < -0.39 is 11.8 Å². The van der Waals surface area contributed by atoms with E-state index in [1.807, 2.05) is 0 Å². The maximum absolute atomic E-state index is 12.5. The molecule has 0 saturated carbocycles. The molecule has 1 aromatic heterocycles. The van der Waals surface area contributed by atoms with Crippen LogP contribution < -0.4 is 30.4 Å². The first kappa shape index (κ1) is 21.4. The summed E-state index contributed by atoms with van der Waals surface area (Å²) in [4.78, 5) is 33.1. The molecule has 1 heterocycles. The van der Waals surface area contributed by atoms with Crippen LogP contribution in [0.3, 0.4) is 0 Å². The normalized spacial score (nSPS) is 10.0. The van der Waals surface area contributed by atoms with Crippen molar-refractivity contribution >= 4 is 23.5 Å². The molecule has 0 bridgehead atoms. The van der Waals surface area contributed by atoms with E-state index in [4.69, 9.17) is 14.2 Å². The Morgan fingerprint density at radius 1 is 0.774 bits per heavy atom. The fraction of sp³-hybridized carbons (Fsp3) is 0.143. The maximum atomic E-state index is 12.5. The van der Waals surface area contributed by atoms with Crippen LogP contribution in [0, 0.1) is 0 Å². The minimum Gasteiger partial charge on any atom is -0.493 e. The zero-order valence-electron chi connectivity index (χ0n) is 17.1. The molecular formula is C21H21N5O5. The average Bonchev–Trinajstić information content (AvgIpc) is 2.82. The van der Waals surface area contributed by atoms with Gasteiger partial charge in [-0.2, -0.15) is 0 Å². The Balaban J connectivity index is 1.68. The van der Waals surface area contributed by atoms with Crippen molar-refractivity contribution in [1.82, 2.24) is 20.8 Å². The quantitative estimate of drug-likeness (QED) is 0.495. The Morgan fingerprint density at radius 3 is 1.97 bits per heavy atom. The van der Waals surface area contributed by atoms with E-state index in [1.54, 1.807) is 42.7 Å². The highest BCUT2D eigenvalue weighted by Crippen LogP contribution is 2.38. The first-order chi connectivity index (χ1) is 15.0. The van der Waals surface area contributed by atoms with Gasteiger partial charge < -0.3 is 19.5 Å². The molecule has 3 N–H and O–H groups in total. The van der Waals surface area contributed by atoms with Crippen LogP contribution in [0.4, 0.5) is 11.6 Å². The number of anilines is 2. The molecule has 2 amide bonds. The van der Waals surface area contributed by atoms with E-state index in [0.29, 0.717) is 34.4 Å². The number of nitrogens with one attached hydrogen (secondary N) is 3. The zero-order valence-corrected chi connectivity index (χ0v) is 17.1. The van der Waals surface area contributed by atoms with Gasteiger partial charge in [0.15, 0.2) is 11.5 Å². The van der Waals surface area contributed by atoms with Crippen LogP contribution in [0.5, 0.6) is 17.2 Å². The fourth-order valence-electron chi connectivity index (χ4n) is 2.70. The molecule has 31 heavy (non-hydrogen) atoms. The number of hydrogen-bond donors (Lipinski definition) is 3. The van der Waals surface area contributed by atoms with E-state index in [0.717, 1.165) is 0 Å². The second-order valence-corrected chi connectivity index (χ2v) is 6.10. The lowest BCUT2D eigenvalue weighted by Crippen LogP contribution is -2.41. The SMILES string of the molecule is COc1cc(C(=O)NNC(=O)c2cccc(Nc3ncccn3)c2)cc(OC)c1OC. The Hall–Kier alpha value is -4.34. The van der Waals surface area contributed by atoms with Gasteiger partial charge in [0, 0.05) is 29.2 Å². The molecule has 0 unspecified atom stereocenters. The van der Waals surface area contributed by atoms with Crippen molar-refractivity contribution in [3.63, 3.8) is 0 Å². The van der Waals surface area contributed by atoms with Crippen LogP contribution in [0.2, 0.25) is 0 Å². The number of hydrogen-bond acceptors (Lipinski definition) is 8. The number of hydrazine groups is 1. The fourth-order valence-corrected chi connectivity index (χ4v) is 2.70. The summed E-state index contributed by atoms with van der Waals surface area (Å²) in [5, 5.41) is 3.00. The average molecular weight is 423 g/mol. The summed E-state index contributed by atoms with van der Waals surface area (Å²) >= 11 is 0. The predicted octanol–water partition coefficient (Wildman–Crippen LogP) is 2.32. The van der Waals surface area contributed by atoms with Gasteiger partial charge in [-0.15, -0.1) is 0 Å². The zero-order chi connectivity index (χ0) is 22.2. The number of aromatic nitrogens is 2. The molecule has 3 aromatic rings. The van der Waals surface area contributed by atoms with Crippen molar-refractivity contribution in [2.24, 2.45) is 0 Å². The topological polar surface area (TPSA) is 124 Å². The highest BCUT2D eigenvalue weighted by Gasteiger charge is 2.17. The number of carbonyl (C=O) groups excluding carboxylic acids is 2. The lowest BCUT2D eigenvalue weighted by atomic mass is 10.1. The number of benzene rings is 2. The summed E-state index contributed by atoms with van der Waals surface area (Å²) < 4.78 is 15.7. The van der Waals surface area contributed by atoms with Crippen molar-refractivity contribution in [2.45, 2.75) is 0 Å². The van der Waals surface area contributed by atoms with E-state index in [9.17, 15) is 9.59 Å². The van der Waals surface area contributed by atoms with Gasteiger partial charge in [-0.1, -0.05) is 6.07 Å². The summed E-state index contributed by atoms with van der Waals surface area (Å²) in [5.41, 5.74) is 5.91. The number of rotatable bonds is 7. The first-order valence-corrected chi connectivity index (χ1v) is 9.10. The van der Waals surface area contributed by atoms with Crippen LogP contribution in [0.25, 0.3) is 0 Å². The van der Waals surface area contributed by atoms with Crippen molar-refractivity contribution in [3.8, 4) is 17.2 Å². The highest BCUT2D eigenvalue weighted by atomic mass is 16.5. The van der Waals surface area contributed by atoms with Crippen LogP contribution in [0.15, 0.2) is 54.9 Å². The third-order valence-corrected chi connectivity index (χ3v) is 4.16. The van der Waals surface area contributed by atoms with Gasteiger partial charge >= 0.3 is 0 Å². The van der Waals surface area contributed by atoms with Gasteiger partial charge in [-0.25, -0.2) is 9.97 Å². The second kappa shape index (κ2) is 9.92. The van der Waals surface area contributed by atoms with Crippen LogP contribution in [-0.4, -0.2) is 43.1 Å². The molecular weight excluding hydrogens is 402 g/mol. The Kier molecular flexibility index (Phi) is 6.84. The molecule has 2 aromatic carbocycles. The molecule has 0 fully saturated rings. The number of amides is 2. The molecule has 10 nitrogen and oxygen atoms in total. The molecule has 0 aliphatic heterocycles. The lowest BCUT2D eigenvalue weighted by Gasteiger charge is -2.14. The highest BCUT2D eigenvalue weighted by molar-refractivity contribution is 6.00. The summed E-state index contributed by atoms with van der Waals surface area (Å²) in [6.45, 7) is 0. The predicted molar refractivity (Wildman–Crippen MR) is 113 cm³/mol. The first-order valence-electron chi connectivity index (χ1n) is 9.10. The van der Waals surface area contributed by atoms with Crippen molar-refractivity contribution in [3.05, 3.63) is 66.0 Å². The van der Waals surface area contributed by atoms with Gasteiger partial charge in [-0.05, 0) is 36.4 Å². The Morgan fingerprint density at radius 2 is 1.39 bits per heavy atom. The molecule has 0 aliphatic rings. The maximum Gasteiger partial charge on any atom is 0.269 e. The van der Waals surface area contributed by atoms with E-state index in [1.165, 1.54) is 33.5 Å². The van der Waals surface area contributed by atoms with Crippen molar-refractivity contribution in [2.75, 3.05) is 26.6 Å². The molecule has 0 aliphatic carbocycles. The van der Waals surface area contributed by atoms with Gasteiger partial charge in [0.05, 0.1) is 21.3 Å². The minimum absolute atomic E-state index is 0.214. The molecule has 0 atom stereocenters. The smallest absolute Gasteiger partial charge is 0.269 e. The second-order valence-electron chi connectivity index (χ2n) is 6.10. The molecule has 0 saturated heterocycles. The van der Waals surface area contributed by atoms with E-state index >= 15 is 0 Å². The lowest BCUT2D eigenvalue weighted by molar-refractivity contribution is 0.0846. The number of methoxy groups -OCH3 is 3. The summed E-state index contributed by atoms with van der Waals surface area (Å²) in [5.74, 6) is 0.339. The largest absolute Gasteiger partial charge is 0.493 e. The van der Waals surface area contributed by atoms with Gasteiger partial charge in [0.2, 0.25) is 11.7 Å². The minimum atomic E-state index is -0.556. The van der Waals surface area contributed by atoms with Crippen LogP contribution in [-0.2, 0) is 0 Å². The molecule has 10 heteroatoms. The van der Waals surface area contributed by atoms with Gasteiger partial charge in [0.25, 0.3) is 11.8 Å². The van der Waals surface area contributed by atoms with E-state index in [-0.39, 0.29) is 5.56 Å². The van der Waals surface area contributed by atoms with E-state index in [2.05, 4.69) is 26.1 Å². The molecule has 0 spiro atoms. The molecule has 160 valence electrons. The summed E-state index contributed by atoms with van der Waals surface area (Å²) in [6, 6.07) is 11.3. The standard InChI is InChI=1S/C21H21N5O5/c1-29-16-11-14(12-17(30-2)18(16)31-3)20(28)26-25-19(27)13-6-4-7-15(10-13)24-21-22-8-5-9-23-21/h4-12H,1-3H3,(H,25,27)(H,26,28)(H,22,23,24). The Bertz CT molecular complexity index is 1050.